The molecule has 0 atom stereocenters. The van der Waals surface area contributed by atoms with E-state index in [2.05, 4.69) is 26.9 Å². The zero-order chi connectivity index (χ0) is 19.7. The van der Waals surface area contributed by atoms with Crippen LogP contribution in [0.5, 0.6) is 0 Å². The molecule has 1 aromatic heterocycles. The number of amides is 2. The van der Waals surface area contributed by atoms with Crippen LogP contribution in [0, 0.1) is 13.8 Å². The SMILES string of the molecule is Cc1cc(C(=O)N2CCN(CC(=O)NC3CC3)CC2)c(C)n1-c1ccccc1. The van der Waals surface area contributed by atoms with E-state index in [1.165, 1.54) is 0 Å². The van der Waals surface area contributed by atoms with Crippen LogP contribution in [0.25, 0.3) is 5.69 Å². The Bertz CT molecular complexity index is 862. The minimum atomic E-state index is 0.0809. The smallest absolute Gasteiger partial charge is 0.255 e. The van der Waals surface area contributed by atoms with Gasteiger partial charge in [0.2, 0.25) is 5.91 Å². The molecule has 4 rings (SSSR count). The van der Waals surface area contributed by atoms with E-state index in [1.807, 2.05) is 43.0 Å². The van der Waals surface area contributed by atoms with Crippen LogP contribution in [0.3, 0.4) is 0 Å². The summed E-state index contributed by atoms with van der Waals surface area (Å²) in [4.78, 5) is 29.1. The van der Waals surface area contributed by atoms with Crippen molar-refractivity contribution in [3.8, 4) is 5.69 Å². The fourth-order valence-corrected chi connectivity index (χ4v) is 3.94. The summed E-state index contributed by atoms with van der Waals surface area (Å²) in [5.74, 6) is 0.186. The maximum absolute atomic E-state index is 13.1. The molecule has 1 aromatic carbocycles. The van der Waals surface area contributed by atoms with Gasteiger partial charge in [-0.05, 0) is 44.9 Å². The lowest BCUT2D eigenvalue weighted by molar-refractivity contribution is -0.122. The average Bonchev–Trinajstić information content (AvgIpc) is 3.45. The number of nitrogens with one attached hydrogen (secondary N) is 1. The van der Waals surface area contributed by atoms with Crippen LogP contribution >= 0.6 is 0 Å². The lowest BCUT2D eigenvalue weighted by Crippen LogP contribution is -2.51. The normalized spacial score (nSPS) is 17.6. The predicted octanol–water partition coefficient (Wildman–Crippen LogP) is 2.13. The second-order valence-corrected chi connectivity index (χ2v) is 7.87. The molecule has 2 amide bonds. The molecule has 2 aliphatic rings. The summed E-state index contributed by atoms with van der Waals surface area (Å²) in [7, 11) is 0. The predicted molar refractivity (Wildman–Crippen MR) is 109 cm³/mol. The highest BCUT2D eigenvalue weighted by Crippen LogP contribution is 2.22. The Morgan fingerprint density at radius 1 is 1.04 bits per heavy atom. The van der Waals surface area contributed by atoms with Gasteiger partial charge < -0.3 is 14.8 Å². The zero-order valence-electron chi connectivity index (χ0n) is 16.6. The Morgan fingerprint density at radius 2 is 1.71 bits per heavy atom. The number of aryl methyl sites for hydroxylation is 1. The first kappa shape index (κ1) is 18.7. The quantitative estimate of drug-likeness (QED) is 0.865. The summed E-state index contributed by atoms with van der Waals surface area (Å²) in [5, 5.41) is 3.03. The number of hydrogen-bond donors (Lipinski definition) is 1. The molecule has 6 heteroatoms. The van der Waals surface area contributed by atoms with Crippen LogP contribution in [-0.2, 0) is 4.79 Å². The van der Waals surface area contributed by atoms with Gasteiger partial charge in [-0.1, -0.05) is 18.2 Å². The van der Waals surface area contributed by atoms with Crippen molar-refractivity contribution in [3.63, 3.8) is 0 Å². The Labute approximate surface area is 166 Å². The van der Waals surface area contributed by atoms with E-state index in [1.54, 1.807) is 0 Å². The van der Waals surface area contributed by atoms with Crippen LogP contribution in [0.15, 0.2) is 36.4 Å². The van der Waals surface area contributed by atoms with Gasteiger partial charge in [-0.15, -0.1) is 0 Å². The molecule has 1 aliphatic heterocycles. The van der Waals surface area contributed by atoms with Crippen LogP contribution in [-0.4, -0.2) is 64.9 Å². The molecule has 2 aromatic rings. The molecule has 2 fully saturated rings. The summed E-state index contributed by atoms with van der Waals surface area (Å²) in [6.45, 7) is 7.26. The number of carbonyl (C=O) groups is 2. The molecule has 28 heavy (non-hydrogen) atoms. The third-order valence-electron chi connectivity index (χ3n) is 5.65. The fraction of sp³-hybridized carbons (Fsp3) is 0.455. The van der Waals surface area contributed by atoms with Crippen molar-refractivity contribution in [2.24, 2.45) is 0 Å². The van der Waals surface area contributed by atoms with Gasteiger partial charge in [0.25, 0.3) is 5.91 Å². The van der Waals surface area contributed by atoms with Gasteiger partial charge in [-0.3, -0.25) is 14.5 Å². The number of nitrogens with zero attached hydrogens (tertiary/aromatic N) is 3. The Morgan fingerprint density at radius 3 is 2.36 bits per heavy atom. The molecule has 1 saturated heterocycles. The second kappa shape index (κ2) is 7.80. The van der Waals surface area contributed by atoms with Gasteiger partial charge in [0.05, 0.1) is 12.1 Å². The van der Waals surface area contributed by atoms with Gasteiger partial charge in [0, 0.05) is 49.3 Å². The van der Waals surface area contributed by atoms with E-state index < -0.39 is 0 Å². The minimum Gasteiger partial charge on any atom is -0.352 e. The van der Waals surface area contributed by atoms with Crippen molar-refractivity contribution in [2.45, 2.75) is 32.7 Å². The van der Waals surface area contributed by atoms with Gasteiger partial charge >= 0.3 is 0 Å². The number of carbonyl (C=O) groups excluding carboxylic acids is 2. The van der Waals surface area contributed by atoms with Gasteiger partial charge in [0.15, 0.2) is 0 Å². The minimum absolute atomic E-state index is 0.0809. The molecule has 0 radical (unpaired) electrons. The summed E-state index contributed by atoms with van der Waals surface area (Å²) in [6.07, 6.45) is 2.21. The molecule has 0 spiro atoms. The van der Waals surface area contributed by atoms with Gasteiger partial charge in [0.1, 0.15) is 0 Å². The van der Waals surface area contributed by atoms with Crippen molar-refractivity contribution in [2.75, 3.05) is 32.7 Å². The first-order valence-electron chi connectivity index (χ1n) is 10.1. The lowest BCUT2D eigenvalue weighted by Gasteiger charge is -2.34. The third kappa shape index (κ3) is 3.97. The molecule has 1 N–H and O–H groups in total. The maximum atomic E-state index is 13.1. The monoisotopic (exact) mass is 380 g/mol. The fourth-order valence-electron chi connectivity index (χ4n) is 3.94. The topological polar surface area (TPSA) is 57.6 Å². The molecule has 1 saturated carbocycles. The summed E-state index contributed by atoms with van der Waals surface area (Å²) in [5.41, 5.74) is 3.87. The zero-order valence-corrected chi connectivity index (χ0v) is 16.6. The Hall–Kier alpha value is -2.60. The van der Waals surface area contributed by atoms with E-state index >= 15 is 0 Å². The summed E-state index contributed by atoms with van der Waals surface area (Å²) < 4.78 is 2.13. The molecule has 2 heterocycles. The van der Waals surface area contributed by atoms with E-state index in [-0.39, 0.29) is 11.8 Å². The molecule has 1 aliphatic carbocycles. The van der Waals surface area contributed by atoms with Crippen LogP contribution in [0.1, 0.15) is 34.6 Å². The first-order valence-corrected chi connectivity index (χ1v) is 10.1. The number of hydrogen-bond acceptors (Lipinski definition) is 3. The number of aromatic nitrogens is 1. The molecule has 6 nitrogen and oxygen atoms in total. The molecular weight excluding hydrogens is 352 g/mol. The molecule has 0 unspecified atom stereocenters. The summed E-state index contributed by atoms with van der Waals surface area (Å²) >= 11 is 0. The van der Waals surface area contributed by atoms with E-state index in [4.69, 9.17) is 0 Å². The Balaban J connectivity index is 1.39. The highest BCUT2D eigenvalue weighted by molar-refractivity contribution is 5.96. The van der Waals surface area contributed by atoms with Crippen molar-refractivity contribution < 1.29 is 9.59 Å². The van der Waals surface area contributed by atoms with Crippen LogP contribution in [0.2, 0.25) is 0 Å². The highest BCUT2D eigenvalue weighted by Gasteiger charge is 2.28. The number of benzene rings is 1. The number of rotatable bonds is 5. The van der Waals surface area contributed by atoms with E-state index in [0.717, 1.165) is 48.6 Å². The standard InChI is InChI=1S/C22H28N4O2/c1-16-14-20(17(2)26(16)19-6-4-3-5-7-19)22(28)25-12-10-24(11-13-25)15-21(27)23-18-8-9-18/h3-7,14,18H,8-13,15H2,1-2H3,(H,23,27). The maximum Gasteiger partial charge on any atom is 0.255 e. The van der Waals surface area contributed by atoms with Crippen molar-refractivity contribution in [1.29, 1.82) is 0 Å². The van der Waals surface area contributed by atoms with Crippen LogP contribution < -0.4 is 5.32 Å². The number of para-hydroxylation sites is 1. The largest absolute Gasteiger partial charge is 0.352 e. The Kier molecular flexibility index (Phi) is 5.22. The second-order valence-electron chi connectivity index (χ2n) is 7.87. The first-order chi connectivity index (χ1) is 13.5. The van der Waals surface area contributed by atoms with Gasteiger partial charge in [-0.25, -0.2) is 0 Å². The number of piperazine rings is 1. The molecule has 0 bridgehead atoms. The van der Waals surface area contributed by atoms with Crippen molar-refractivity contribution in [3.05, 3.63) is 53.3 Å². The van der Waals surface area contributed by atoms with Gasteiger partial charge in [-0.2, -0.15) is 0 Å². The average molecular weight is 380 g/mol. The molecular formula is C22H28N4O2. The molecule has 148 valence electrons. The lowest BCUT2D eigenvalue weighted by atomic mass is 10.2. The van der Waals surface area contributed by atoms with Crippen molar-refractivity contribution >= 4 is 11.8 Å². The summed E-state index contributed by atoms with van der Waals surface area (Å²) in [6, 6.07) is 12.5. The van der Waals surface area contributed by atoms with Crippen molar-refractivity contribution in [1.82, 2.24) is 19.7 Å². The van der Waals surface area contributed by atoms with Crippen LogP contribution in [0.4, 0.5) is 0 Å². The highest BCUT2D eigenvalue weighted by atomic mass is 16.2. The third-order valence-corrected chi connectivity index (χ3v) is 5.65. The van der Waals surface area contributed by atoms with E-state index in [9.17, 15) is 9.59 Å². The van der Waals surface area contributed by atoms with E-state index in [0.29, 0.717) is 25.7 Å².